The van der Waals surface area contributed by atoms with Crippen molar-refractivity contribution in [1.82, 2.24) is 9.80 Å². The summed E-state index contributed by atoms with van der Waals surface area (Å²) in [5.74, 6) is 0.472. The van der Waals surface area contributed by atoms with Gasteiger partial charge in [-0.3, -0.25) is 9.59 Å². The predicted molar refractivity (Wildman–Crippen MR) is 75.6 cm³/mol. The smallest absolute Gasteiger partial charge is 0.225 e. The Morgan fingerprint density at radius 2 is 1.61 bits per heavy atom. The van der Waals surface area contributed by atoms with E-state index >= 15 is 0 Å². The number of hydrogen-bond acceptors (Lipinski definition) is 2. The summed E-state index contributed by atoms with van der Waals surface area (Å²) in [7, 11) is 0. The molecule has 18 heavy (non-hydrogen) atoms. The van der Waals surface area contributed by atoms with Crippen molar-refractivity contribution in [2.75, 3.05) is 31.5 Å². The quantitative estimate of drug-likeness (QED) is 0.573. The molecule has 0 saturated carbocycles. The summed E-state index contributed by atoms with van der Waals surface area (Å²) in [5, 5.41) is 0.955. The molecular formula is C13H23BrN2O2. The normalized spacial score (nSPS) is 16.2. The molecule has 0 radical (unpaired) electrons. The minimum atomic E-state index is 0.0474. The molecule has 0 aromatic heterocycles. The number of halogens is 1. The van der Waals surface area contributed by atoms with Crippen LogP contribution in [0.5, 0.6) is 0 Å². The summed E-state index contributed by atoms with van der Waals surface area (Å²) in [6, 6.07) is 0. The van der Waals surface area contributed by atoms with Crippen molar-refractivity contribution in [2.45, 2.75) is 33.1 Å². The highest BCUT2D eigenvalue weighted by Gasteiger charge is 2.24. The molecule has 0 atom stereocenters. The molecule has 1 heterocycles. The van der Waals surface area contributed by atoms with E-state index in [0.717, 1.165) is 18.2 Å². The van der Waals surface area contributed by atoms with Crippen LogP contribution < -0.4 is 0 Å². The van der Waals surface area contributed by atoms with Gasteiger partial charge in [-0.25, -0.2) is 0 Å². The van der Waals surface area contributed by atoms with Gasteiger partial charge < -0.3 is 9.80 Å². The van der Waals surface area contributed by atoms with Gasteiger partial charge in [0.05, 0.1) is 0 Å². The molecule has 2 amide bonds. The third kappa shape index (κ3) is 4.59. The first-order valence-electron chi connectivity index (χ1n) is 6.68. The number of carbonyl (C=O) groups excluding carboxylic acids is 2. The van der Waals surface area contributed by atoms with Crippen LogP contribution in [-0.4, -0.2) is 53.1 Å². The highest BCUT2D eigenvalue weighted by atomic mass is 79.9. The van der Waals surface area contributed by atoms with Crippen LogP contribution in [0.25, 0.3) is 0 Å². The molecule has 1 fully saturated rings. The van der Waals surface area contributed by atoms with Gasteiger partial charge in [-0.2, -0.15) is 0 Å². The van der Waals surface area contributed by atoms with Gasteiger partial charge in [0.25, 0.3) is 0 Å². The van der Waals surface area contributed by atoms with Crippen molar-refractivity contribution in [3.63, 3.8) is 0 Å². The topological polar surface area (TPSA) is 40.6 Å². The van der Waals surface area contributed by atoms with Gasteiger partial charge in [0, 0.05) is 43.8 Å². The number of unbranched alkanes of at least 4 members (excludes halogenated alkanes) is 1. The minimum Gasteiger partial charge on any atom is -0.339 e. The SMILES string of the molecule is CC(C)C(=O)N1CCN(C(=O)CCCCBr)CC1. The lowest BCUT2D eigenvalue weighted by Crippen LogP contribution is -2.51. The zero-order valence-electron chi connectivity index (χ0n) is 11.3. The van der Waals surface area contributed by atoms with Crippen molar-refractivity contribution in [2.24, 2.45) is 5.92 Å². The number of carbonyl (C=O) groups is 2. The van der Waals surface area contributed by atoms with Crippen molar-refractivity contribution in [3.8, 4) is 0 Å². The second-order valence-corrected chi connectivity index (χ2v) is 5.80. The number of piperazine rings is 1. The zero-order chi connectivity index (χ0) is 13.5. The lowest BCUT2D eigenvalue weighted by Gasteiger charge is -2.35. The van der Waals surface area contributed by atoms with E-state index in [9.17, 15) is 9.59 Å². The Bertz CT molecular complexity index is 287. The zero-order valence-corrected chi connectivity index (χ0v) is 12.9. The van der Waals surface area contributed by atoms with E-state index < -0.39 is 0 Å². The van der Waals surface area contributed by atoms with Gasteiger partial charge in [-0.1, -0.05) is 29.8 Å². The Kier molecular flexibility index (Phi) is 6.68. The van der Waals surface area contributed by atoms with E-state index in [1.54, 1.807) is 0 Å². The fourth-order valence-electron chi connectivity index (χ4n) is 2.07. The summed E-state index contributed by atoms with van der Waals surface area (Å²) in [6.45, 7) is 6.57. The first-order chi connectivity index (χ1) is 8.56. The predicted octanol–water partition coefficient (Wildman–Crippen LogP) is 1.88. The molecule has 4 nitrogen and oxygen atoms in total. The Labute approximate surface area is 118 Å². The molecule has 1 aliphatic rings. The molecule has 104 valence electrons. The van der Waals surface area contributed by atoms with Crippen molar-refractivity contribution in [1.29, 1.82) is 0 Å². The average molecular weight is 319 g/mol. The largest absolute Gasteiger partial charge is 0.339 e. The Morgan fingerprint density at radius 1 is 1.06 bits per heavy atom. The third-order valence-electron chi connectivity index (χ3n) is 3.21. The third-order valence-corrected chi connectivity index (χ3v) is 3.77. The highest BCUT2D eigenvalue weighted by Crippen LogP contribution is 2.09. The van der Waals surface area contributed by atoms with Crippen LogP contribution in [0.1, 0.15) is 33.1 Å². The van der Waals surface area contributed by atoms with Crippen LogP contribution in [0.15, 0.2) is 0 Å². The average Bonchev–Trinajstić information content (AvgIpc) is 2.38. The first-order valence-corrected chi connectivity index (χ1v) is 7.81. The molecule has 0 unspecified atom stereocenters. The first kappa shape index (κ1) is 15.5. The van der Waals surface area contributed by atoms with E-state index in [0.29, 0.717) is 32.6 Å². The van der Waals surface area contributed by atoms with Crippen molar-refractivity contribution >= 4 is 27.7 Å². The van der Waals surface area contributed by atoms with E-state index in [4.69, 9.17) is 0 Å². The minimum absolute atomic E-state index is 0.0474. The summed E-state index contributed by atoms with van der Waals surface area (Å²) in [4.78, 5) is 27.4. The van der Waals surface area contributed by atoms with Crippen LogP contribution in [0.3, 0.4) is 0 Å². The summed E-state index contributed by atoms with van der Waals surface area (Å²) < 4.78 is 0. The molecule has 0 bridgehead atoms. The van der Waals surface area contributed by atoms with Crippen LogP contribution >= 0.6 is 15.9 Å². The number of rotatable bonds is 5. The van der Waals surface area contributed by atoms with Crippen LogP contribution in [0.4, 0.5) is 0 Å². The summed E-state index contributed by atoms with van der Waals surface area (Å²) >= 11 is 3.36. The van der Waals surface area contributed by atoms with E-state index in [-0.39, 0.29) is 17.7 Å². The second kappa shape index (κ2) is 7.77. The lowest BCUT2D eigenvalue weighted by molar-refractivity contribution is -0.141. The summed E-state index contributed by atoms with van der Waals surface area (Å²) in [5.41, 5.74) is 0. The van der Waals surface area contributed by atoms with Crippen LogP contribution in [0.2, 0.25) is 0 Å². The fourth-order valence-corrected chi connectivity index (χ4v) is 2.47. The number of hydrogen-bond donors (Lipinski definition) is 0. The van der Waals surface area contributed by atoms with Gasteiger partial charge in [0.2, 0.25) is 11.8 Å². The molecule has 5 heteroatoms. The molecule has 0 N–H and O–H groups in total. The second-order valence-electron chi connectivity index (χ2n) is 5.01. The van der Waals surface area contributed by atoms with E-state index in [1.807, 2.05) is 23.6 Å². The number of alkyl halides is 1. The van der Waals surface area contributed by atoms with Crippen LogP contribution in [0, 0.1) is 5.92 Å². The lowest BCUT2D eigenvalue weighted by atomic mass is 10.1. The monoisotopic (exact) mass is 318 g/mol. The highest BCUT2D eigenvalue weighted by molar-refractivity contribution is 9.09. The van der Waals surface area contributed by atoms with Gasteiger partial charge >= 0.3 is 0 Å². The molecule has 0 aliphatic carbocycles. The maximum absolute atomic E-state index is 11.9. The molecule has 0 aromatic rings. The van der Waals surface area contributed by atoms with Gasteiger partial charge in [0.1, 0.15) is 0 Å². The molecule has 1 saturated heterocycles. The van der Waals surface area contributed by atoms with Gasteiger partial charge in [-0.05, 0) is 12.8 Å². The maximum Gasteiger partial charge on any atom is 0.225 e. The van der Waals surface area contributed by atoms with Crippen molar-refractivity contribution < 1.29 is 9.59 Å². The molecule has 0 spiro atoms. The Morgan fingerprint density at radius 3 is 2.11 bits per heavy atom. The van der Waals surface area contributed by atoms with Gasteiger partial charge in [-0.15, -0.1) is 0 Å². The molecule has 0 aromatic carbocycles. The maximum atomic E-state index is 11.9. The molecule has 1 aliphatic heterocycles. The number of amides is 2. The standard InChI is InChI=1S/C13H23BrN2O2/c1-11(2)13(18)16-9-7-15(8-10-16)12(17)5-3-4-6-14/h11H,3-10H2,1-2H3. The fraction of sp³-hybridized carbons (Fsp3) is 0.846. The van der Waals surface area contributed by atoms with Gasteiger partial charge in [0.15, 0.2) is 0 Å². The van der Waals surface area contributed by atoms with E-state index in [2.05, 4.69) is 15.9 Å². The molecular weight excluding hydrogens is 296 g/mol. The number of nitrogens with zero attached hydrogens (tertiary/aromatic N) is 2. The van der Waals surface area contributed by atoms with Crippen LogP contribution in [-0.2, 0) is 9.59 Å². The Hall–Kier alpha value is -0.580. The Balaban J connectivity index is 2.30. The van der Waals surface area contributed by atoms with Crippen molar-refractivity contribution in [3.05, 3.63) is 0 Å². The molecule has 1 rings (SSSR count). The summed E-state index contributed by atoms with van der Waals surface area (Å²) in [6.07, 6.45) is 2.61. The van der Waals surface area contributed by atoms with E-state index in [1.165, 1.54) is 0 Å².